The van der Waals surface area contributed by atoms with E-state index in [0.717, 1.165) is 51.1 Å². The zero-order valence-electron chi connectivity index (χ0n) is 41.3. The lowest BCUT2D eigenvalue weighted by Crippen LogP contribution is -2.12. The lowest BCUT2D eigenvalue weighted by Gasteiger charge is -2.30. The maximum atomic E-state index is 2.50. The molecule has 0 saturated carbocycles. The number of fused-ring (bicyclic) bond motifs is 2. The Balaban J connectivity index is 0.891. The molecule has 0 aliphatic carbocycles. The molecule has 76 heavy (non-hydrogen) atoms. The van der Waals surface area contributed by atoms with E-state index in [1.165, 1.54) is 92.3 Å². The van der Waals surface area contributed by atoms with Crippen LogP contribution in [0.15, 0.2) is 279 Å². The average Bonchev–Trinajstić information content (AvgIpc) is 4.19. The fraction of sp³-hybridized carbons (Fsp3) is 0. The Morgan fingerprint density at radius 1 is 0.237 bits per heavy atom. The summed E-state index contributed by atoms with van der Waals surface area (Å²) in [4.78, 5) is 4.91. The number of benzene rings is 14. The number of aromatic nitrogens is 2. The zero-order valence-corrected chi connectivity index (χ0v) is 41.3. The SMILES string of the molecule is c1ccc(N(c2ccc(-c3c4ccccc4c(N(c4ccccc4)c4cc5ccc6cccc7c6c5c(c4)n7-c4ccccc4)c4ccccc34)cc2)c2cc3ccc4cccc5c4c3c(c2)n5-c2ccccc2)cc1. The Labute approximate surface area is 439 Å². The number of anilines is 6. The summed E-state index contributed by atoms with van der Waals surface area (Å²) in [6.07, 6.45) is 0. The first-order chi connectivity index (χ1) is 37.7. The van der Waals surface area contributed by atoms with Crippen molar-refractivity contribution in [3.63, 3.8) is 0 Å². The molecule has 4 nitrogen and oxygen atoms in total. The second-order valence-corrected chi connectivity index (χ2v) is 20.1. The maximum absolute atomic E-state index is 2.50. The van der Waals surface area contributed by atoms with Crippen molar-refractivity contribution in [2.45, 2.75) is 0 Å². The lowest BCUT2D eigenvalue weighted by molar-refractivity contribution is 1.18. The lowest BCUT2D eigenvalue weighted by atomic mass is 9.89. The molecule has 16 rings (SSSR count). The largest absolute Gasteiger partial charge is 0.310 e. The predicted molar refractivity (Wildman–Crippen MR) is 322 cm³/mol. The standard InChI is InChI=1S/C72H46N4/c1-5-21-52(22-6-1)73(57-43-50-37-35-47-19-17-33-63-68(47)70(50)65(45-57)75(63)54-25-9-3-10-26-54)56-41-39-49(40-42-56)67-59-29-13-15-31-61(59)72(62-32-16-14-30-60(62)67)74(53-23-7-2-8-24-53)58-44-51-38-36-48-20-18-34-64-69(48)71(51)66(46-58)76(64)55-27-11-4-12-28-55/h1-46H. The van der Waals surface area contributed by atoms with Gasteiger partial charge in [0.25, 0.3) is 0 Å². The third-order valence-electron chi connectivity index (χ3n) is 15.9. The predicted octanol–water partition coefficient (Wildman–Crippen LogP) is 20.0. The smallest absolute Gasteiger partial charge is 0.0618 e. The monoisotopic (exact) mass is 966 g/mol. The van der Waals surface area contributed by atoms with E-state index in [1.807, 2.05) is 0 Å². The van der Waals surface area contributed by atoms with E-state index >= 15 is 0 Å². The normalized spacial score (nSPS) is 11.9. The molecule has 0 fully saturated rings. The van der Waals surface area contributed by atoms with Gasteiger partial charge in [0.1, 0.15) is 0 Å². The second-order valence-electron chi connectivity index (χ2n) is 20.1. The molecule has 0 spiro atoms. The summed E-state index contributed by atoms with van der Waals surface area (Å²) in [5.41, 5.74) is 16.1. The Morgan fingerprint density at radius 2 is 0.618 bits per heavy atom. The van der Waals surface area contributed by atoms with Gasteiger partial charge in [-0.15, -0.1) is 0 Å². The van der Waals surface area contributed by atoms with Crippen LogP contribution < -0.4 is 9.80 Å². The first kappa shape index (κ1) is 42.4. The van der Waals surface area contributed by atoms with Crippen LogP contribution in [-0.2, 0) is 0 Å². The van der Waals surface area contributed by atoms with Crippen molar-refractivity contribution in [3.8, 4) is 22.5 Å². The van der Waals surface area contributed by atoms with Gasteiger partial charge in [-0.3, -0.25) is 0 Å². The van der Waals surface area contributed by atoms with E-state index in [0.29, 0.717) is 0 Å². The molecular weight excluding hydrogens is 921 g/mol. The highest BCUT2D eigenvalue weighted by Crippen LogP contribution is 2.51. The van der Waals surface area contributed by atoms with Gasteiger partial charge in [-0.1, -0.05) is 182 Å². The van der Waals surface area contributed by atoms with E-state index in [9.17, 15) is 0 Å². The maximum Gasteiger partial charge on any atom is 0.0618 e. The van der Waals surface area contributed by atoms with Gasteiger partial charge in [0.2, 0.25) is 0 Å². The van der Waals surface area contributed by atoms with Crippen LogP contribution in [0, 0.1) is 0 Å². The second kappa shape index (κ2) is 16.7. The van der Waals surface area contributed by atoms with E-state index in [4.69, 9.17) is 0 Å². The van der Waals surface area contributed by atoms with Crippen molar-refractivity contribution >= 4 is 121 Å². The summed E-state index contributed by atoms with van der Waals surface area (Å²) in [6, 6.07) is 103. The number of rotatable bonds is 9. The van der Waals surface area contributed by atoms with Gasteiger partial charge in [0, 0.05) is 72.1 Å². The molecule has 0 saturated heterocycles. The third-order valence-corrected chi connectivity index (χ3v) is 15.9. The molecule has 14 aromatic carbocycles. The minimum Gasteiger partial charge on any atom is -0.310 e. The van der Waals surface area contributed by atoms with Gasteiger partial charge in [0.15, 0.2) is 0 Å². The van der Waals surface area contributed by atoms with E-state index < -0.39 is 0 Å². The minimum atomic E-state index is 1.08. The Bertz CT molecular complexity index is 4790. The van der Waals surface area contributed by atoms with E-state index in [-0.39, 0.29) is 0 Å². The first-order valence-corrected chi connectivity index (χ1v) is 26.2. The summed E-state index contributed by atoms with van der Waals surface area (Å²) in [6.45, 7) is 0. The zero-order chi connectivity index (χ0) is 49.8. The van der Waals surface area contributed by atoms with Crippen molar-refractivity contribution in [2.24, 2.45) is 0 Å². The Kier molecular flexibility index (Phi) is 9.30. The van der Waals surface area contributed by atoms with E-state index in [2.05, 4.69) is 298 Å². The van der Waals surface area contributed by atoms with Crippen LogP contribution in [-0.4, -0.2) is 9.13 Å². The molecule has 354 valence electrons. The van der Waals surface area contributed by atoms with Crippen LogP contribution in [0.2, 0.25) is 0 Å². The number of hydrogen-bond acceptors (Lipinski definition) is 2. The van der Waals surface area contributed by atoms with Crippen LogP contribution in [0.1, 0.15) is 0 Å². The van der Waals surface area contributed by atoms with Gasteiger partial charge in [-0.25, -0.2) is 0 Å². The van der Waals surface area contributed by atoms with Crippen LogP contribution in [0.4, 0.5) is 34.1 Å². The summed E-state index contributed by atoms with van der Waals surface area (Å²) in [5, 5.41) is 14.9. The molecule has 0 aliphatic rings. The Hall–Kier alpha value is -10.2. The van der Waals surface area contributed by atoms with E-state index in [1.54, 1.807) is 0 Å². The molecule has 0 atom stereocenters. The fourth-order valence-corrected chi connectivity index (χ4v) is 12.8. The summed E-state index contributed by atoms with van der Waals surface area (Å²) in [5.74, 6) is 0. The fourth-order valence-electron chi connectivity index (χ4n) is 12.8. The molecule has 2 heterocycles. The molecule has 0 N–H and O–H groups in total. The highest BCUT2D eigenvalue weighted by atomic mass is 15.2. The van der Waals surface area contributed by atoms with Crippen LogP contribution in [0.5, 0.6) is 0 Å². The van der Waals surface area contributed by atoms with Crippen molar-refractivity contribution in [1.29, 1.82) is 0 Å². The average molecular weight is 967 g/mol. The highest BCUT2D eigenvalue weighted by molar-refractivity contribution is 6.28. The molecule has 4 heteroatoms. The van der Waals surface area contributed by atoms with Gasteiger partial charge in [-0.05, 0) is 141 Å². The summed E-state index contributed by atoms with van der Waals surface area (Å²) < 4.78 is 4.88. The van der Waals surface area contributed by atoms with Crippen LogP contribution in [0.3, 0.4) is 0 Å². The molecule has 2 aromatic heterocycles. The van der Waals surface area contributed by atoms with Crippen molar-refractivity contribution in [1.82, 2.24) is 9.13 Å². The van der Waals surface area contributed by atoms with Crippen LogP contribution in [0.25, 0.3) is 109 Å². The highest BCUT2D eigenvalue weighted by Gasteiger charge is 2.26. The first-order valence-electron chi connectivity index (χ1n) is 26.2. The van der Waals surface area contributed by atoms with Gasteiger partial charge >= 0.3 is 0 Å². The molecule has 0 radical (unpaired) electrons. The van der Waals surface area contributed by atoms with Crippen molar-refractivity contribution in [2.75, 3.05) is 9.80 Å². The van der Waals surface area contributed by atoms with Crippen LogP contribution >= 0.6 is 0 Å². The number of hydrogen-bond donors (Lipinski definition) is 0. The Morgan fingerprint density at radius 3 is 1.11 bits per heavy atom. The quantitative estimate of drug-likeness (QED) is 0.106. The topological polar surface area (TPSA) is 16.3 Å². The molecular formula is C72H46N4. The van der Waals surface area contributed by atoms with Crippen molar-refractivity contribution < 1.29 is 0 Å². The molecule has 16 aromatic rings. The molecule has 0 aliphatic heterocycles. The summed E-state index contributed by atoms with van der Waals surface area (Å²) >= 11 is 0. The van der Waals surface area contributed by atoms with Gasteiger partial charge in [0.05, 0.1) is 27.8 Å². The third kappa shape index (κ3) is 6.31. The summed E-state index contributed by atoms with van der Waals surface area (Å²) in [7, 11) is 0. The molecule has 0 bridgehead atoms. The number of nitrogens with zero attached hydrogens (tertiary/aromatic N) is 4. The van der Waals surface area contributed by atoms with Gasteiger partial charge < -0.3 is 18.9 Å². The van der Waals surface area contributed by atoms with Crippen molar-refractivity contribution in [3.05, 3.63) is 279 Å². The molecule has 0 unspecified atom stereocenters. The molecule has 0 amide bonds. The minimum absolute atomic E-state index is 1.08. The van der Waals surface area contributed by atoms with Gasteiger partial charge in [-0.2, -0.15) is 0 Å². The number of para-hydroxylation sites is 4.